The minimum absolute atomic E-state index is 0.146. The molecule has 1 aliphatic rings. The number of imidazole rings is 1. The van der Waals surface area contributed by atoms with E-state index in [0.717, 1.165) is 24.6 Å². The number of hydrogen-bond acceptors (Lipinski definition) is 9. The van der Waals surface area contributed by atoms with Crippen molar-refractivity contribution in [1.82, 2.24) is 19.7 Å². The summed E-state index contributed by atoms with van der Waals surface area (Å²) in [5, 5.41) is 23.6. The van der Waals surface area contributed by atoms with Gasteiger partial charge in [-0.15, -0.1) is 10.2 Å². The lowest BCUT2D eigenvalue weighted by Gasteiger charge is -2.04. The minimum atomic E-state index is -0.498. The second kappa shape index (κ2) is 7.08. The minimum Gasteiger partial charge on any atom is -0.357 e. The van der Waals surface area contributed by atoms with Crippen molar-refractivity contribution in [3.8, 4) is 0 Å². The Morgan fingerprint density at radius 3 is 2.89 bits per heavy atom. The summed E-state index contributed by atoms with van der Waals surface area (Å²) < 4.78 is 2.18. The Morgan fingerprint density at radius 1 is 1.41 bits per heavy atom. The highest BCUT2D eigenvalue weighted by Gasteiger charge is 2.24. The van der Waals surface area contributed by atoms with Crippen LogP contribution in [0.5, 0.6) is 0 Å². The second-order valence-corrected chi connectivity index (χ2v) is 8.29. The molecule has 138 valence electrons. The van der Waals surface area contributed by atoms with Gasteiger partial charge in [0.2, 0.25) is 10.9 Å². The van der Waals surface area contributed by atoms with Crippen LogP contribution in [0.15, 0.2) is 39.8 Å². The standard InChI is InChI=1S/C16H14N6O3S2/c1-21-7-6-17-14(21)13(23)9-2-5-12(11(8-9)22(24)25)26-16-20-19-15(27-16)18-10-3-4-10/h2,5-8,10H,3-4H2,1H3,(H,18,19). The van der Waals surface area contributed by atoms with Crippen molar-refractivity contribution in [2.45, 2.75) is 28.1 Å². The van der Waals surface area contributed by atoms with E-state index >= 15 is 0 Å². The van der Waals surface area contributed by atoms with Gasteiger partial charge < -0.3 is 9.88 Å². The van der Waals surface area contributed by atoms with E-state index in [2.05, 4.69) is 20.5 Å². The number of nitrogens with zero attached hydrogens (tertiary/aromatic N) is 5. The summed E-state index contributed by atoms with van der Waals surface area (Å²) in [7, 11) is 1.70. The summed E-state index contributed by atoms with van der Waals surface area (Å²) in [5.74, 6) is -0.140. The Bertz CT molecular complexity index is 1030. The van der Waals surface area contributed by atoms with Gasteiger partial charge in [0.15, 0.2) is 10.2 Å². The maximum Gasteiger partial charge on any atom is 0.284 e. The zero-order valence-corrected chi connectivity index (χ0v) is 15.8. The summed E-state index contributed by atoms with van der Waals surface area (Å²) in [5.41, 5.74) is 0.0701. The Balaban J connectivity index is 1.59. The summed E-state index contributed by atoms with van der Waals surface area (Å²) in [6, 6.07) is 4.87. The van der Waals surface area contributed by atoms with Crippen molar-refractivity contribution >= 4 is 39.7 Å². The number of aryl methyl sites for hydroxylation is 1. The van der Waals surface area contributed by atoms with Gasteiger partial charge in [0, 0.05) is 37.1 Å². The lowest BCUT2D eigenvalue weighted by atomic mass is 10.1. The molecule has 9 nitrogen and oxygen atoms in total. The van der Waals surface area contributed by atoms with Crippen LogP contribution in [0.2, 0.25) is 0 Å². The number of anilines is 1. The van der Waals surface area contributed by atoms with E-state index < -0.39 is 4.92 Å². The molecule has 0 amide bonds. The van der Waals surface area contributed by atoms with Crippen LogP contribution in [-0.4, -0.2) is 36.5 Å². The molecule has 2 heterocycles. The van der Waals surface area contributed by atoms with E-state index in [1.807, 2.05) is 0 Å². The fourth-order valence-electron chi connectivity index (χ4n) is 2.41. The first-order valence-electron chi connectivity index (χ1n) is 8.09. The molecule has 2 aromatic heterocycles. The number of hydrogen-bond donors (Lipinski definition) is 1. The van der Waals surface area contributed by atoms with Crippen LogP contribution in [0.25, 0.3) is 0 Å². The number of aromatic nitrogens is 4. The van der Waals surface area contributed by atoms with Crippen LogP contribution in [0, 0.1) is 10.1 Å². The molecule has 0 aliphatic heterocycles. The van der Waals surface area contributed by atoms with Gasteiger partial charge in [0.05, 0.1) is 9.82 Å². The molecule has 11 heteroatoms. The quantitative estimate of drug-likeness (QED) is 0.364. The van der Waals surface area contributed by atoms with Gasteiger partial charge in [0.25, 0.3) is 5.69 Å². The second-order valence-electron chi connectivity index (χ2n) is 6.02. The topological polar surface area (TPSA) is 116 Å². The highest BCUT2D eigenvalue weighted by Crippen LogP contribution is 2.38. The fraction of sp³-hybridized carbons (Fsp3) is 0.250. The molecule has 1 fully saturated rings. The molecule has 1 saturated carbocycles. The molecule has 0 spiro atoms. The number of carbonyl (C=O) groups is 1. The predicted octanol–water partition coefficient (Wildman–Crippen LogP) is 3.14. The molecule has 0 saturated heterocycles. The fourth-order valence-corrected chi connectivity index (χ4v) is 4.28. The molecular formula is C16H14N6O3S2. The summed E-state index contributed by atoms with van der Waals surface area (Å²) in [4.78, 5) is 28.0. The molecule has 4 rings (SSSR count). The number of nitro benzene ring substituents is 1. The van der Waals surface area contributed by atoms with Crippen LogP contribution in [0.4, 0.5) is 10.8 Å². The van der Waals surface area contributed by atoms with E-state index in [9.17, 15) is 14.9 Å². The van der Waals surface area contributed by atoms with Crippen LogP contribution in [0.1, 0.15) is 29.0 Å². The number of nitro groups is 1. The first-order chi connectivity index (χ1) is 13.0. The molecule has 1 N–H and O–H groups in total. The van der Waals surface area contributed by atoms with E-state index in [1.165, 1.54) is 23.6 Å². The maximum absolute atomic E-state index is 12.5. The van der Waals surface area contributed by atoms with Crippen molar-refractivity contribution < 1.29 is 9.72 Å². The van der Waals surface area contributed by atoms with Gasteiger partial charge in [-0.1, -0.05) is 11.3 Å². The Hall–Kier alpha value is -2.79. The van der Waals surface area contributed by atoms with E-state index in [1.54, 1.807) is 29.9 Å². The molecule has 0 atom stereocenters. The largest absolute Gasteiger partial charge is 0.357 e. The average Bonchev–Trinajstić information content (AvgIpc) is 3.18. The monoisotopic (exact) mass is 402 g/mol. The van der Waals surface area contributed by atoms with Crippen molar-refractivity contribution in [3.63, 3.8) is 0 Å². The Morgan fingerprint density at radius 2 is 2.22 bits per heavy atom. The molecule has 1 aromatic carbocycles. The normalized spacial score (nSPS) is 13.5. The van der Waals surface area contributed by atoms with Crippen LogP contribution in [0.3, 0.4) is 0 Å². The predicted molar refractivity (Wildman–Crippen MR) is 100 cm³/mol. The third kappa shape index (κ3) is 3.83. The lowest BCUT2D eigenvalue weighted by Crippen LogP contribution is -2.09. The molecular weight excluding hydrogens is 388 g/mol. The van der Waals surface area contributed by atoms with Crippen LogP contribution < -0.4 is 5.32 Å². The average molecular weight is 402 g/mol. The van der Waals surface area contributed by atoms with Gasteiger partial charge in [0.1, 0.15) is 0 Å². The van der Waals surface area contributed by atoms with Gasteiger partial charge >= 0.3 is 0 Å². The zero-order valence-electron chi connectivity index (χ0n) is 14.2. The van der Waals surface area contributed by atoms with Gasteiger partial charge in [-0.2, -0.15) is 0 Å². The van der Waals surface area contributed by atoms with Crippen molar-refractivity contribution in [1.29, 1.82) is 0 Å². The SMILES string of the molecule is Cn1ccnc1C(=O)c1ccc(Sc2nnc(NC3CC3)s2)c([N+](=O)[O-])c1. The molecule has 0 radical (unpaired) electrons. The number of rotatable bonds is 7. The number of carbonyl (C=O) groups excluding carboxylic acids is 1. The number of nitrogens with one attached hydrogen (secondary N) is 1. The van der Waals surface area contributed by atoms with Gasteiger partial charge in [-0.05, 0) is 36.7 Å². The highest BCUT2D eigenvalue weighted by molar-refractivity contribution is 8.01. The molecule has 3 aromatic rings. The zero-order chi connectivity index (χ0) is 19.0. The number of ketones is 1. The molecule has 27 heavy (non-hydrogen) atoms. The van der Waals surface area contributed by atoms with Crippen LogP contribution >= 0.6 is 23.1 Å². The van der Waals surface area contributed by atoms with E-state index in [0.29, 0.717) is 20.4 Å². The third-order valence-corrected chi connectivity index (χ3v) is 5.92. The van der Waals surface area contributed by atoms with Crippen molar-refractivity contribution in [2.24, 2.45) is 7.05 Å². The summed E-state index contributed by atoms with van der Waals surface area (Å²) in [6.45, 7) is 0. The van der Waals surface area contributed by atoms with Gasteiger partial charge in [-0.3, -0.25) is 14.9 Å². The first-order valence-corrected chi connectivity index (χ1v) is 9.73. The maximum atomic E-state index is 12.5. The Labute approximate surface area is 162 Å². The first kappa shape index (κ1) is 17.6. The molecule has 0 unspecified atom stereocenters. The smallest absolute Gasteiger partial charge is 0.284 e. The Kier molecular flexibility index (Phi) is 4.62. The van der Waals surface area contributed by atoms with E-state index in [-0.39, 0.29) is 22.9 Å². The third-order valence-electron chi connectivity index (χ3n) is 3.95. The van der Waals surface area contributed by atoms with E-state index in [4.69, 9.17) is 0 Å². The summed E-state index contributed by atoms with van der Waals surface area (Å²) >= 11 is 2.52. The lowest BCUT2D eigenvalue weighted by molar-refractivity contribution is -0.387. The molecule has 0 bridgehead atoms. The molecule has 1 aliphatic carbocycles. The number of benzene rings is 1. The highest BCUT2D eigenvalue weighted by atomic mass is 32.2. The van der Waals surface area contributed by atoms with Gasteiger partial charge in [-0.25, -0.2) is 4.98 Å². The van der Waals surface area contributed by atoms with Crippen LogP contribution in [-0.2, 0) is 7.05 Å². The summed E-state index contributed by atoms with van der Waals surface area (Å²) in [6.07, 6.45) is 5.40. The van der Waals surface area contributed by atoms with Crippen molar-refractivity contribution in [2.75, 3.05) is 5.32 Å². The van der Waals surface area contributed by atoms with Crippen molar-refractivity contribution in [3.05, 3.63) is 52.1 Å².